The number of hydrogen-bond acceptors (Lipinski definition) is 5. The third kappa shape index (κ3) is 6.36. The highest BCUT2D eigenvalue weighted by molar-refractivity contribution is 5.80. The zero-order valence-corrected chi connectivity index (χ0v) is 14.7. The molecule has 0 fully saturated rings. The van der Waals surface area contributed by atoms with E-state index in [1.807, 2.05) is 6.92 Å². The molecule has 1 unspecified atom stereocenters. The van der Waals surface area contributed by atoms with Crippen molar-refractivity contribution in [3.63, 3.8) is 0 Å². The van der Waals surface area contributed by atoms with Crippen molar-refractivity contribution in [2.24, 2.45) is 0 Å². The Kier molecular flexibility index (Phi) is 6.88. The lowest BCUT2D eigenvalue weighted by Gasteiger charge is -2.22. The fraction of sp³-hybridized carbons (Fsp3) is 0.529. The van der Waals surface area contributed by atoms with E-state index in [4.69, 9.17) is 14.2 Å². The van der Waals surface area contributed by atoms with Gasteiger partial charge in [0, 0.05) is 6.42 Å². The van der Waals surface area contributed by atoms with Crippen molar-refractivity contribution in [2.75, 3.05) is 13.7 Å². The second kappa shape index (κ2) is 8.42. The Morgan fingerprint density at radius 3 is 2.42 bits per heavy atom. The Bertz CT molecular complexity index is 579. The van der Waals surface area contributed by atoms with Crippen LogP contribution in [0.15, 0.2) is 18.2 Å². The number of carbonyl (C=O) groups is 2. The van der Waals surface area contributed by atoms with Crippen molar-refractivity contribution < 1.29 is 28.9 Å². The SMILES string of the molecule is CCOc1ccc(CC(NC(=O)OC(C)(C)C)C(=O)O)cc1OC. The number of carboxylic acids is 1. The first-order chi connectivity index (χ1) is 11.2. The fourth-order valence-electron chi connectivity index (χ4n) is 2.00. The normalized spacial score (nSPS) is 12.2. The molecule has 1 aromatic carbocycles. The Morgan fingerprint density at radius 2 is 1.92 bits per heavy atom. The van der Waals surface area contributed by atoms with Gasteiger partial charge in [-0.05, 0) is 45.4 Å². The maximum atomic E-state index is 11.8. The predicted octanol–water partition coefficient (Wildman–Crippen LogP) is 2.61. The van der Waals surface area contributed by atoms with E-state index >= 15 is 0 Å². The van der Waals surface area contributed by atoms with Crippen LogP contribution >= 0.6 is 0 Å². The Labute approximate surface area is 141 Å². The number of amides is 1. The van der Waals surface area contributed by atoms with Crippen LogP contribution in [0.5, 0.6) is 11.5 Å². The van der Waals surface area contributed by atoms with Crippen LogP contribution in [0.25, 0.3) is 0 Å². The van der Waals surface area contributed by atoms with Crippen LogP contribution in [0, 0.1) is 0 Å². The number of benzene rings is 1. The molecule has 0 heterocycles. The van der Waals surface area contributed by atoms with Gasteiger partial charge >= 0.3 is 12.1 Å². The van der Waals surface area contributed by atoms with Crippen LogP contribution in [0.4, 0.5) is 4.79 Å². The van der Waals surface area contributed by atoms with Crippen LogP contribution < -0.4 is 14.8 Å². The van der Waals surface area contributed by atoms with Gasteiger partial charge in [-0.25, -0.2) is 9.59 Å². The molecule has 1 atom stereocenters. The van der Waals surface area contributed by atoms with Gasteiger partial charge in [0.05, 0.1) is 13.7 Å². The summed E-state index contributed by atoms with van der Waals surface area (Å²) < 4.78 is 15.8. The lowest BCUT2D eigenvalue weighted by atomic mass is 10.1. The molecule has 0 radical (unpaired) electrons. The number of alkyl carbamates (subject to hydrolysis) is 1. The van der Waals surface area contributed by atoms with Crippen LogP contribution in [-0.2, 0) is 16.0 Å². The first kappa shape index (κ1) is 19.6. The number of carboxylic acid groups (broad SMARTS) is 1. The monoisotopic (exact) mass is 339 g/mol. The molecule has 0 saturated carbocycles. The summed E-state index contributed by atoms with van der Waals surface area (Å²) in [5.74, 6) is -0.0554. The summed E-state index contributed by atoms with van der Waals surface area (Å²) in [6, 6.07) is 4.03. The number of ether oxygens (including phenoxy) is 3. The van der Waals surface area contributed by atoms with E-state index in [9.17, 15) is 14.7 Å². The molecule has 1 rings (SSSR count). The lowest BCUT2D eigenvalue weighted by Crippen LogP contribution is -2.44. The lowest BCUT2D eigenvalue weighted by molar-refractivity contribution is -0.139. The predicted molar refractivity (Wildman–Crippen MR) is 88.7 cm³/mol. The smallest absolute Gasteiger partial charge is 0.408 e. The largest absolute Gasteiger partial charge is 0.493 e. The average molecular weight is 339 g/mol. The summed E-state index contributed by atoms with van der Waals surface area (Å²) in [4.78, 5) is 23.2. The van der Waals surface area contributed by atoms with Crippen molar-refractivity contribution in [3.8, 4) is 11.5 Å². The molecular formula is C17H25NO6. The molecule has 0 aliphatic rings. The number of aliphatic carboxylic acids is 1. The quantitative estimate of drug-likeness (QED) is 0.793. The number of methoxy groups -OCH3 is 1. The summed E-state index contributed by atoms with van der Waals surface area (Å²) in [5.41, 5.74) is -0.00561. The average Bonchev–Trinajstić information content (AvgIpc) is 2.46. The first-order valence-corrected chi connectivity index (χ1v) is 7.68. The standard InChI is InChI=1S/C17H25NO6/c1-6-23-13-8-7-11(10-14(13)22-5)9-12(15(19)20)18-16(21)24-17(2,3)4/h7-8,10,12H,6,9H2,1-5H3,(H,18,21)(H,19,20). The van der Waals surface area contributed by atoms with Gasteiger partial charge in [-0.3, -0.25) is 0 Å². The molecule has 0 bridgehead atoms. The van der Waals surface area contributed by atoms with Crippen molar-refractivity contribution >= 4 is 12.1 Å². The fourth-order valence-corrected chi connectivity index (χ4v) is 2.00. The van der Waals surface area contributed by atoms with E-state index in [1.54, 1.807) is 39.0 Å². The van der Waals surface area contributed by atoms with Gasteiger partial charge in [-0.1, -0.05) is 6.07 Å². The van der Waals surface area contributed by atoms with E-state index in [-0.39, 0.29) is 6.42 Å². The minimum atomic E-state index is -1.14. The van der Waals surface area contributed by atoms with Gasteiger partial charge in [0.15, 0.2) is 11.5 Å². The highest BCUT2D eigenvalue weighted by Crippen LogP contribution is 2.28. The van der Waals surface area contributed by atoms with Gasteiger partial charge < -0.3 is 24.6 Å². The molecule has 24 heavy (non-hydrogen) atoms. The summed E-state index contributed by atoms with van der Waals surface area (Å²) in [5, 5.41) is 11.7. The molecule has 1 aromatic rings. The van der Waals surface area contributed by atoms with E-state index in [2.05, 4.69) is 5.32 Å². The Hall–Kier alpha value is -2.44. The summed E-state index contributed by atoms with van der Waals surface area (Å²) in [7, 11) is 1.51. The second-order valence-electron chi connectivity index (χ2n) is 6.16. The molecular weight excluding hydrogens is 314 g/mol. The number of rotatable bonds is 7. The van der Waals surface area contributed by atoms with Gasteiger partial charge in [0.1, 0.15) is 11.6 Å². The maximum Gasteiger partial charge on any atom is 0.408 e. The van der Waals surface area contributed by atoms with Gasteiger partial charge in [-0.15, -0.1) is 0 Å². The van der Waals surface area contributed by atoms with Crippen molar-refractivity contribution in [1.29, 1.82) is 0 Å². The van der Waals surface area contributed by atoms with E-state index in [0.717, 1.165) is 0 Å². The summed E-state index contributed by atoms with van der Waals surface area (Å²) >= 11 is 0. The van der Waals surface area contributed by atoms with Crippen LogP contribution in [0.1, 0.15) is 33.3 Å². The zero-order valence-electron chi connectivity index (χ0n) is 14.7. The van der Waals surface area contributed by atoms with E-state index in [0.29, 0.717) is 23.7 Å². The van der Waals surface area contributed by atoms with E-state index < -0.39 is 23.7 Å². The molecule has 1 amide bonds. The number of nitrogens with one attached hydrogen (secondary N) is 1. The highest BCUT2D eigenvalue weighted by Gasteiger charge is 2.24. The molecule has 0 aromatic heterocycles. The molecule has 134 valence electrons. The van der Waals surface area contributed by atoms with Crippen molar-refractivity contribution in [2.45, 2.75) is 45.8 Å². The molecule has 7 heteroatoms. The minimum Gasteiger partial charge on any atom is -0.493 e. The number of carbonyl (C=O) groups excluding carboxylic acids is 1. The summed E-state index contributed by atoms with van der Waals surface area (Å²) in [6.07, 6.45) is -0.676. The third-order valence-electron chi connectivity index (χ3n) is 2.96. The molecule has 0 spiro atoms. The van der Waals surface area contributed by atoms with Crippen LogP contribution in [0.2, 0.25) is 0 Å². The number of hydrogen-bond donors (Lipinski definition) is 2. The van der Waals surface area contributed by atoms with Crippen LogP contribution in [-0.4, -0.2) is 42.5 Å². The molecule has 2 N–H and O–H groups in total. The van der Waals surface area contributed by atoms with Crippen molar-refractivity contribution in [1.82, 2.24) is 5.32 Å². The molecule has 0 aliphatic carbocycles. The first-order valence-electron chi connectivity index (χ1n) is 7.68. The molecule has 7 nitrogen and oxygen atoms in total. The Balaban J connectivity index is 2.85. The highest BCUT2D eigenvalue weighted by atomic mass is 16.6. The summed E-state index contributed by atoms with van der Waals surface area (Å²) in [6.45, 7) is 7.48. The molecule has 0 saturated heterocycles. The second-order valence-corrected chi connectivity index (χ2v) is 6.16. The Morgan fingerprint density at radius 1 is 1.25 bits per heavy atom. The van der Waals surface area contributed by atoms with Gasteiger partial charge in [0.25, 0.3) is 0 Å². The zero-order chi connectivity index (χ0) is 18.3. The maximum absolute atomic E-state index is 11.8. The van der Waals surface area contributed by atoms with Crippen LogP contribution in [0.3, 0.4) is 0 Å². The third-order valence-corrected chi connectivity index (χ3v) is 2.96. The van der Waals surface area contributed by atoms with Gasteiger partial charge in [0.2, 0.25) is 0 Å². The minimum absolute atomic E-state index is 0.0946. The van der Waals surface area contributed by atoms with Crippen molar-refractivity contribution in [3.05, 3.63) is 23.8 Å². The topological polar surface area (TPSA) is 94.1 Å². The van der Waals surface area contributed by atoms with E-state index in [1.165, 1.54) is 7.11 Å². The van der Waals surface area contributed by atoms with Gasteiger partial charge in [-0.2, -0.15) is 0 Å². The molecule has 0 aliphatic heterocycles.